The van der Waals surface area contributed by atoms with Crippen LogP contribution in [0.3, 0.4) is 0 Å². The Balaban J connectivity index is 3.00. The van der Waals surface area contributed by atoms with Gasteiger partial charge >= 0.3 is 0 Å². The van der Waals surface area contributed by atoms with Crippen LogP contribution in [0.15, 0.2) is 30.3 Å². The van der Waals surface area contributed by atoms with Crippen molar-refractivity contribution < 1.29 is 20.4 Å². The smallest absolute Gasteiger partial charge is 0.195 e. The van der Waals surface area contributed by atoms with Crippen molar-refractivity contribution in [3.63, 3.8) is 0 Å². The van der Waals surface area contributed by atoms with Crippen molar-refractivity contribution in [1.82, 2.24) is 0 Å². The van der Waals surface area contributed by atoms with E-state index in [2.05, 4.69) is 0 Å². The molecule has 0 radical (unpaired) electrons. The van der Waals surface area contributed by atoms with E-state index in [1.165, 1.54) is 0 Å². The van der Waals surface area contributed by atoms with Crippen LogP contribution in [0.2, 0.25) is 0 Å². The van der Waals surface area contributed by atoms with Gasteiger partial charge in [0.2, 0.25) is 0 Å². The molecule has 0 bridgehead atoms. The predicted octanol–water partition coefficient (Wildman–Crippen LogP) is 1.38. The van der Waals surface area contributed by atoms with E-state index in [1.807, 2.05) is 6.07 Å². The molecule has 19 heavy (non-hydrogen) atoms. The van der Waals surface area contributed by atoms with Gasteiger partial charge < -0.3 is 20.4 Å². The molecule has 0 saturated heterocycles. The Morgan fingerprint density at radius 3 is 1.79 bits per heavy atom. The third kappa shape index (κ3) is 3.76. The Labute approximate surface area is 114 Å². The van der Waals surface area contributed by atoms with Crippen LogP contribution in [0.1, 0.15) is 38.2 Å². The number of benzene rings is 1. The highest BCUT2D eigenvalue weighted by molar-refractivity contribution is 5.22. The molecule has 1 aromatic carbocycles. The summed E-state index contributed by atoms with van der Waals surface area (Å²) in [5.41, 5.74) is -0.367. The molecule has 0 heterocycles. The van der Waals surface area contributed by atoms with Crippen LogP contribution in [0.25, 0.3) is 0 Å². The molecule has 108 valence electrons. The average molecular weight is 268 g/mol. The van der Waals surface area contributed by atoms with E-state index in [0.29, 0.717) is 31.2 Å². The third-order valence-electron chi connectivity index (χ3n) is 3.79. The molecular weight excluding hydrogens is 244 g/mol. The van der Waals surface area contributed by atoms with Gasteiger partial charge in [-0.05, 0) is 25.7 Å². The lowest BCUT2D eigenvalue weighted by Crippen LogP contribution is -2.44. The maximum Gasteiger partial charge on any atom is 0.195 e. The molecule has 0 aliphatic heterocycles. The highest BCUT2D eigenvalue weighted by atomic mass is 16.5. The van der Waals surface area contributed by atoms with Crippen molar-refractivity contribution >= 4 is 0 Å². The topological polar surface area (TPSA) is 80.9 Å². The minimum Gasteiger partial charge on any atom is -0.396 e. The molecule has 0 aliphatic rings. The van der Waals surface area contributed by atoms with Gasteiger partial charge in [0.1, 0.15) is 0 Å². The van der Waals surface area contributed by atoms with Crippen LogP contribution >= 0.6 is 0 Å². The zero-order valence-electron chi connectivity index (χ0n) is 11.4. The highest BCUT2D eigenvalue weighted by Gasteiger charge is 2.45. The van der Waals surface area contributed by atoms with E-state index in [4.69, 9.17) is 10.2 Å². The summed E-state index contributed by atoms with van der Waals surface area (Å²) in [6, 6.07) is 8.69. The molecule has 0 fully saturated rings. The van der Waals surface area contributed by atoms with Crippen molar-refractivity contribution in [3.05, 3.63) is 35.9 Å². The van der Waals surface area contributed by atoms with Crippen LogP contribution in [-0.2, 0) is 5.79 Å². The Bertz CT molecular complexity index is 354. The number of hydrogen-bond acceptors (Lipinski definition) is 4. The number of rotatable bonds is 8. The molecule has 4 N–H and O–H groups in total. The molecule has 0 spiro atoms. The van der Waals surface area contributed by atoms with Gasteiger partial charge in [0.05, 0.1) is 0 Å². The fourth-order valence-corrected chi connectivity index (χ4v) is 2.43. The summed E-state index contributed by atoms with van der Waals surface area (Å²) in [7, 11) is 0. The van der Waals surface area contributed by atoms with Crippen LogP contribution in [0.4, 0.5) is 0 Å². The maximum atomic E-state index is 10.6. The standard InChI is InChI=1S/C15H24O4/c1-14(9-5-11-16,10-6-12-17)15(18,19)13-7-3-2-4-8-13/h2-4,7-8,16-19H,5-6,9-12H2,1H3. The molecule has 0 aliphatic carbocycles. The number of hydrogen-bond donors (Lipinski definition) is 4. The summed E-state index contributed by atoms with van der Waals surface area (Å²) in [4.78, 5) is 0. The lowest BCUT2D eigenvalue weighted by Gasteiger charge is -2.42. The summed E-state index contributed by atoms with van der Waals surface area (Å²) >= 11 is 0. The number of aliphatic hydroxyl groups is 4. The van der Waals surface area contributed by atoms with E-state index in [0.717, 1.165) is 0 Å². The summed E-state index contributed by atoms with van der Waals surface area (Å²) in [5, 5.41) is 39.1. The molecule has 0 aromatic heterocycles. The fourth-order valence-electron chi connectivity index (χ4n) is 2.43. The van der Waals surface area contributed by atoms with Crippen molar-refractivity contribution in [3.8, 4) is 0 Å². The van der Waals surface area contributed by atoms with Crippen molar-refractivity contribution in [1.29, 1.82) is 0 Å². The van der Waals surface area contributed by atoms with E-state index in [-0.39, 0.29) is 13.2 Å². The van der Waals surface area contributed by atoms with E-state index < -0.39 is 11.2 Å². The first kappa shape index (κ1) is 16.1. The van der Waals surface area contributed by atoms with Gasteiger partial charge in [-0.3, -0.25) is 0 Å². The lowest BCUT2D eigenvalue weighted by molar-refractivity contribution is -0.255. The molecule has 0 atom stereocenters. The van der Waals surface area contributed by atoms with Crippen LogP contribution < -0.4 is 0 Å². The molecule has 1 aromatic rings. The molecule has 0 saturated carbocycles. The maximum absolute atomic E-state index is 10.6. The Kier molecular flexibility index (Phi) is 5.94. The number of aliphatic hydroxyl groups excluding tert-OH is 2. The van der Waals surface area contributed by atoms with Crippen LogP contribution in [0, 0.1) is 5.41 Å². The van der Waals surface area contributed by atoms with E-state index >= 15 is 0 Å². The minimum atomic E-state index is -1.97. The van der Waals surface area contributed by atoms with Crippen molar-refractivity contribution in [2.45, 2.75) is 38.4 Å². The van der Waals surface area contributed by atoms with Gasteiger partial charge in [-0.25, -0.2) is 0 Å². The zero-order valence-corrected chi connectivity index (χ0v) is 11.4. The van der Waals surface area contributed by atoms with Gasteiger partial charge in [0.25, 0.3) is 0 Å². The monoisotopic (exact) mass is 268 g/mol. The zero-order chi connectivity index (χ0) is 14.4. The predicted molar refractivity (Wildman–Crippen MR) is 73.3 cm³/mol. The molecule has 0 unspecified atom stereocenters. The SMILES string of the molecule is CC(CCCO)(CCCO)C(O)(O)c1ccccc1. The molecule has 1 rings (SSSR count). The van der Waals surface area contributed by atoms with Gasteiger partial charge in [0.15, 0.2) is 5.79 Å². The fraction of sp³-hybridized carbons (Fsp3) is 0.600. The largest absolute Gasteiger partial charge is 0.396 e. The average Bonchev–Trinajstić information content (AvgIpc) is 2.43. The first-order valence-electron chi connectivity index (χ1n) is 6.70. The van der Waals surface area contributed by atoms with Crippen LogP contribution in [-0.4, -0.2) is 33.6 Å². The summed E-state index contributed by atoms with van der Waals surface area (Å²) in [5.74, 6) is -1.97. The molecule has 4 heteroatoms. The third-order valence-corrected chi connectivity index (χ3v) is 3.79. The minimum absolute atomic E-state index is 0.0135. The normalized spacial score (nSPS) is 12.7. The second-order valence-electron chi connectivity index (χ2n) is 5.25. The molecule has 0 amide bonds. The summed E-state index contributed by atoms with van der Waals surface area (Å²) in [6.07, 6.45) is 1.95. The quantitative estimate of drug-likeness (QED) is 0.537. The van der Waals surface area contributed by atoms with Gasteiger partial charge in [-0.15, -0.1) is 0 Å². The lowest BCUT2D eigenvalue weighted by atomic mass is 9.71. The van der Waals surface area contributed by atoms with Crippen molar-refractivity contribution in [2.24, 2.45) is 5.41 Å². The van der Waals surface area contributed by atoms with Crippen LogP contribution in [0.5, 0.6) is 0 Å². The second-order valence-corrected chi connectivity index (χ2v) is 5.25. The first-order valence-corrected chi connectivity index (χ1v) is 6.70. The van der Waals surface area contributed by atoms with Gasteiger partial charge in [-0.2, -0.15) is 0 Å². The summed E-state index contributed by atoms with van der Waals surface area (Å²) in [6.45, 7) is 1.81. The summed E-state index contributed by atoms with van der Waals surface area (Å²) < 4.78 is 0. The van der Waals surface area contributed by atoms with Gasteiger partial charge in [0, 0.05) is 24.2 Å². The highest BCUT2D eigenvalue weighted by Crippen LogP contribution is 2.44. The first-order chi connectivity index (χ1) is 8.98. The van der Waals surface area contributed by atoms with E-state index in [9.17, 15) is 10.2 Å². The second kappa shape index (κ2) is 7.01. The molecule has 4 nitrogen and oxygen atoms in total. The molecular formula is C15H24O4. The van der Waals surface area contributed by atoms with Gasteiger partial charge in [-0.1, -0.05) is 37.3 Å². The van der Waals surface area contributed by atoms with E-state index in [1.54, 1.807) is 31.2 Å². The Morgan fingerprint density at radius 1 is 0.895 bits per heavy atom. The Morgan fingerprint density at radius 2 is 1.37 bits per heavy atom. The van der Waals surface area contributed by atoms with Crippen molar-refractivity contribution in [2.75, 3.05) is 13.2 Å². The Hall–Kier alpha value is -0.940.